The lowest BCUT2D eigenvalue weighted by Gasteiger charge is -2.06. The first-order valence-corrected chi connectivity index (χ1v) is 9.73. The average Bonchev–Trinajstić information content (AvgIpc) is 3.02. The highest BCUT2D eigenvalue weighted by Crippen LogP contribution is 2.26. The number of thiocarbonyl (C=S) groups is 1. The monoisotopic (exact) mass is 427 g/mol. The summed E-state index contributed by atoms with van der Waals surface area (Å²) in [6, 6.07) is 13.5. The fourth-order valence-electron chi connectivity index (χ4n) is 2.33. The summed E-state index contributed by atoms with van der Waals surface area (Å²) in [5.74, 6) is 0.0671. The van der Waals surface area contributed by atoms with E-state index in [0.717, 1.165) is 11.1 Å². The van der Waals surface area contributed by atoms with Crippen molar-refractivity contribution in [3.05, 3.63) is 64.6 Å². The second-order valence-corrected chi connectivity index (χ2v) is 7.71. The zero-order valence-corrected chi connectivity index (χ0v) is 17.0. The van der Waals surface area contributed by atoms with E-state index < -0.39 is 5.91 Å². The van der Waals surface area contributed by atoms with Crippen LogP contribution in [0, 0.1) is 0 Å². The molecule has 3 rings (SSSR count). The Balaban J connectivity index is 1.50. The Morgan fingerprint density at radius 1 is 1.24 bits per heavy atom. The van der Waals surface area contributed by atoms with Gasteiger partial charge in [0.2, 0.25) is 0 Å². The Morgan fingerprint density at radius 2 is 1.93 bits per heavy atom. The number of phenolic OH excluding ortho intramolecular Hbond substituents is 1. The highest BCUT2D eigenvalue weighted by atomic mass is 32.2. The van der Waals surface area contributed by atoms with E-state index in [1.807, 2.05) is 0 Å². The van der Waals surface area contributed by atoms with E-state index >= 15 is 0 Å². The Kier molecular flexibility index (Phi) is 6.63. The van der Waals surface area contributed by atoms with Crippen LogP contribution in [0.2, 0.25) is 0 Å². The Bertz CT molecular complexity index is 999. The molecule has 2 aromatic rings. The molecule has 2 aromatic carbocycles. The van der Waals surface area contributed by atoms with Crippen LogP contribution in [0.1, 0.15) is 18.1 Å². The minimum absolute atomic E-state index is 0.162. The summed E-state index contributed by atoms with van der Waals surface area (Å²) in [5.41, 5.74) is 4.63. The van der Waals surface area contributed by atoms with Gasteiger partial charge in [-0.3, -0.25) is 9.59 Å². The van der Waals surface area contributed by atoms with Crippen LogP contribution in [0.3, 0.4) is 0 Å². The van der Waals surface area contributed by atoms with E-state index in [2.05, 4.69) is 15.8 Å². The van der Waals surface area contributed by atoms with Crippen LogP contribution in [-0.4, -0.2) is 33.6 Å². The van der Waals surface area contributed by atoms with Crippen molar-refractivity contribution >= 4 is 51.9 Å². The minimum atomic E-state index is -0.401. The number of carbonyl (C=O) groups excluding carboxylic acids is 2. The summed E-state index contributed by atoms with van der Waals surface area (Å²) < 4.78 is 5.88. The van der Waals surface area contributed by atoms with Crippen molar-refractivity contribution in [2.45, 2.75) is 6.92 Å². The molecular formula is C20H17N3O4S2. The fourth-order valence-corrected chi connectivity index (χ4v) is 3.37. The smallest absolute Gasteiger partial charge is 0.277 e. The minimum Gasteiger partial charge on any atom is -0.508 e. The highest BCUT2D eigenvalue weighted by molar-refractivity contribution is 8.26. The van der Waals surface area contributed by atoms with Crippen LogP contribution in [-0.2, 0) is 9.59 Å². The zero-order chi connectivity index (χ0) is 20.8. The molecule has 0 saturated carbocycles. The largest absolute Gasteiger partial charge is 0.508 e. The van der Waals surface area contributed by atoms with Crippen molar-refractivity contribution in [1.29, 1.82) is 0 Å². The van der Waals surface area contributed by atoms with Crippen molar-refractivity contribution in [3.63, 3.8) is 0 Å². The molecule has 0 bridgehead atoms. The number of carbonyl (C=O) groups is 2. The number of hydrazone groups is 1. The maximum Gasteiger partial charge on any atom is 0.277 e. The summed E-state index contributed by atoms with van der Waals surface area (Å²) in [6.07, 6.45) is 1.73. The molecule has 1 aliphatic heterocycles. The van der Waals surface area contributed by atoms with E-state index in [9.17, 15) is 14.7 Å². The normalized spacial score (nSPS) is 15.3. The van der Waals surface area contributed by atoms with Crippen LogP contribution < -0.4 is 15.5 Å². The molecule has 0 aromatic heterocycles. The average molecular weight is 428 g/mol. The Hall–Kier alpha value is -3.17. The molecule has 1 heterocycles. The number of rotatable bonds is 6. The zero-order valence-electron chi connectivity index (χ0n) is 15.3. The van der Waals surface area contributed by atoms with Gasteiger partial charge in [0, 0.05) is 0 Å². The van der Waals surface area contributed by atoms with Gasteiger partial charge in [-0.15, -0.1) is 0 Å². The first-order valence-electron chi connectivity index (χ1n) is 8.51. The molecule has 9 heteroatoms. The van der Waals surface area contributed by atoms with E-state index in [-0.39, 0.29) is 18.3 Å². The molecule has 148 valence electrons. The number of benzene rings is 2. The molecule has 1 aliphatic rings. The van der Waals surface area contributed by atoms with Gasteiger partial charge in [0.05, 0.1) is 10.6 Å². The van der Waals surface area contributed by atoms with E-state index in [1.165, 1.54) is 11.8 Å². The van der Waals surface area contributed by atoms with Crippen molar-refractivity contribution in [3.8, 4) is 11.5 Å². The molecule has 1 saturated heterocycles. The third-order valence-corrected chi connectivity index (χ3v) is 4.99. The lowest BCUT2D eigenvalue weighted by molar-refractivity contribution is -0.123. The summed E-state index contributed by atoms with van der Waals surface area (Å²) in [7, 11) is 0. The Morgan fingerprint density at radius 3 is 2.55 bits per heavy atom. The van der Waals surface area contributed by atoms with E-state index in [4.69, 9.17) is 17.0 Å². The second-order valence-electron chi connectivity index (χ2n) is 5.99. The number of hydrogen-bond donors (Lipinski definition) is 3. The third kappa shape index (κ3) is 5.90. The molecule has 29 heavy (non-hydrogen) atoms. The van der Waals surface area contributed by atoms with Gasteiger partial charge >= 0.3 is 0 Å². The number of aromatic hydroxyl groups is 1. The first-order chi connectivity index (χ1) is 13.9. The van der Waals surface area contributed by atoms with Gasteiger partial charge < -0.3 is 15.2 Å². The number of ether oxygens (including phenoxy) is 1. The maximum absolute atomic E-state index is 11.9. The van der Waals surface area contributed by atoms with Gasteiger partial charge in [-0.1, -0.05) is 36.1 Å². The van der Waals surface area contributed by atoms with Gasteiger partial charge in [-0.2, -0.15) is 5.10 Å². The number of thioether (sulfide) groups is 1. The summed E-state index contributed by atoms with van der Waals surface area (Å²) in [6.45, 7) is 1.55. The standard InChI is InChI=1S/C20H17N3O4S2/c1-12(14-4-6-15(24)7-5-14)22-23-18(25)11-27-16-8-2-13(3-9-16)10-17-19(26)21-20(28)29-17/h2-10,24H,11H2,1H3,(H,23,25)(H,21,26,28)/b17-10+,22-12+. The summed E-state index contributed by atoms with van der Waals surface area (Å²) in [5, 5.41) is 15.9. The number of phenols is 1. The molecule has 0 radical (unpaired) electrons. The summed E-state index contributed by atoms with van der Waals surface area (Å²) in [4.78, 5) is 24.1. The predicted molar refractivity (Wildman–Crippen MR) is 117 cm³/mol. The van der Waals surface area contributed by atoms with Crippen LogP contribution in [0.5, 0.6) is 11.5 Å². The highest BCUT2D eigenvalue weighted by Gasteiger charge is 2.21. The van der Waals surface area contributed by atoms with Crippen molar-refractivity contribution < 1.29 is 19.4 Å². The fraction of sp³-hybridized carbons (Fsp3) is 0.100. The maximum atomic E-state index is 11.9. The van der Waals surface area contributed by atoms with Crippen molar-refractivity contribution in [1.82, 2.24) is 10.7 Å². The number of hydrogen-bond acceptors (Lipinski definition) is 7. The molecular weight excluding hydrogens is 410 g/mol. The van der Waals surface area contributed by atoms with Crippen LogP contribution >= 0.6 is 24.0 Å². The van der Waals surface area contributed by atoms with E-state index in [1.54, 1.807) is 61.5 Å². The second kappa shape index (κ2) is 9.35. The lowest BCUT2D eigenvalue weighted by atomic mass is 10.1. The third-order valence-electron chi connectivity index (χ3n) is 3.82. The number of nitrogens with zero attached hydrogens (tertiary/aromatic N) is 1. The molecule has 7 nitrogen and oxygen atoms in total. The SMILES string of the molecule is C/C(=N\NC(=O)COc1ccc(/C=C2/SC(=S)NC2=O)cc1)c1ccc(O)cc1. The molecule has 0 atom stereocenters. The molecule has 0 unspecified atom stereocenters. The van der Waals surface area contributed by atoms with Crippen molar-refractivity contribution in [2.75, 3.05) is 6.61 Å². The van der Waals surface area contributed by atoms with Gasteiger partial charge in [0.15, 0.2) is 6.61 Å². The van der Waals surface area contributed by atoms with Gasteiger partial charge in [-0.25, -0.2) is 5.43 Å². The Labute approximate surface area is 176 Å². The molecule has 2 amide bonds. The first kappa shape index (κ1) is 20.6. The van der Waals surface area contributed by atoms with Gasteiger partial charge in [0.1, 0.15) is 15.8 Å². The van der Waals surface area contributed by atoms with Crippen molar-refractivity contribution in [2.24, 2.45) is 5.10 Å². The van der Waals surface area contributed by atoms with Gasteiger partial charge in [0.25, 0.3) is 11.8 Å². The lowest BCUT2D eigenvalue weighted by Crippen LogP contribution is -2.25. The van der Waals surface area contributed by atoms with Crippen LogP contribution in [0.15, 0.2) is 58.5 Å². The molecule has 0 spiro atoms. The van der Waals surface area contributed by atoms with E-state index in [0.29, 0.717) is 20.7 Å². The number of amides is 2. The van der Waals surface area contributed by atoms with Crippen LogP contribution in [0.25, 0.3) is 6.08 Å². The van der Waals surface area contributed by atoms with Gasteiger partial charge in [-0.05, 0) is 60.5 Å². The topological polar surface area (TPSA) is 100 Å². The quantitative estimate of drug-likeness (QED) is 0.284. The molecule has 1 fully saturated rings. The molecule has 0 aliphatic carbocycles. The number of nitrogens with one attached hydrogen (secondary N) is 2. The summed E-state index contributed by atoms with van der Waals surface area (Å²) >= 11 is 6.17. The molecule has 3 N–H and O–H groups in total. The predicted octanol–water partition coefficient (Wildman–Crippen LogP) is 2.80. The van der Waals surface area contributed by atoms with Crippen LogP contribution in [0.4, 0.5) is 0 Å².